The molecule has 2 fully saturated rings. The van der Waals surface area contributed by atoms with Gasteiger partial charge in [-0.15, -0.1) is 0 Å². The Kier molecular flexibility index (Phi) is 12.1. The third-order valence-electron chi connectivity index (χ3n) is 9.67. The number of imide groups is 1. The predicted molar refractivity (Wildman–Crippen MR) is 181 cm³/mol. The molecule has 3 heterocycles. The number of likely N-dealkylation sites (tertiary alicyclic amines) is 1. The Morgan fingerprint density at radius 3 is 2.22 bits per heavy atom. The molecule has 4 atom stereocenters. The van der Waals surface area contributed by atoms with E-state index in [4.69, 9.17) is 4.74 Å². The Morgan fingerprint density at radius 1 is 1.00 bits per heavy atom. The Morgan fingerprint density at radius 2 is 1.63 bits per heavy atom. The Bertz CT molecular complexity index is 1420. The molecule has 14 nitrogen and oxygen atoms in total. The van der Waals surface area contributed by atoms with Crippen LogP contribution in [0.2, 0.25) is 0 Å². The number of carboxylic acid groups (broad SMARTS) is 1. The second kappa shape index (κ2) is 15.8. The molecule has 14 heteroatoms. The molecule has 5 amide bonds. The van der Waals surface area contributed by atoms with Crippen LogP contribution in [0.4, 0.5) is 10.5 Å². The van der Waals surface area contributed by atoms with E-state index in [-0.39, 0.29) is 19.3 Å². The minimum Gasteiger partial charge on any atom is -0.481 e. The monoisotopic (exact) mass is 683 g/mol. The number of anilines is 1. The van der Waals surface area contributed by atoms with Crippen molar-refractivity contribution in [1.29, 1.82) is 0 Å². The fourth-order valence-corrected chi connectivity index (χ4v) is 6.75. The summed E-state index contributed by atoms with van der Waals surface area (Å²) in [6.45, 7) is 9.59. The zero-order valence-corrected chi connectivity index (χ0v) is 29.1. The highest BCUT2D eigenvalue weighted by molar-refractivity contribution is 6.15. The summed E-state index contributed by atoms with van der Waals surface area (Å²) in [5, 5.41) is 21.1. The Labute approximate surface area is 287 Å². The molecule has 0 spiro atoms. The maximum absolute atomic E-state index is 13.7. The van der Waals surface area contributed by atoms with Crippen LogP contribution < -0.4 is 21.3 Å². The zero-order valence-electron chi connectivity index (χ0n) is 29.1. The van der Waals surface area contributed by atoms with Gasteiger partial charge in [-0.1, -0.05) is 26.0 Å². The quantitative estimate of drug-likeness (QED) is 0.193. The van der Waals surface area contributed by atoms with Crippen molar-refractivity contribution >= 4 is 41.4 Å². The molecule has 268 valence electrons. The number of cyclic esters (lactones) is 1. The number of hydrogen-bond donors (Lipinski definition) is 5. The molecule has 0 radical (unpaired) electrons. The van der Waals surface area contributed by atoms with Crippen molar-refractivity contribution in [2.24, 2.45) is 5.92 Å². The van der Waals surface area contributed by atoms with Crippen LogP contribution in [-0.4, -0.2) is 107 Å². The van der Waals surface area contributed by atoms with E-state index in [0.717, 1.165) is 46.9 Å². The second-order valence-electron chi connectivity index (χ2n) is 14.6. The lowest BCUT2D eigenvalue weighted by Crippen LogP contribution is -2.61. The second-order valence-corrected chi connectivity index (χ2v) is 14.6. The molecule has 1 aromatic rings. The van der Waals surface area contributed by atoms with Crippen LogP contribution in [0.3, 0.4) is 0 Å². The van der Waals surface area contributed by atoms with Crippen LogP contribution in [0.5, 0.6) is 0 Å². The lowest BCUT2D eigenvalue weighted by atomic mass is 9.89. The fourth-order valence-electron chi connectivity index (χ4n) is 6.75. The van der Waals surface area contributed by atoms with Crippen molar-refractivity contribution in [2.75, 3.05) is 32.0 Å². The van der Waals surface area contributed by atoms with Crippen LogP contribution in [0.25, 0.3) is 0 Å². The Balaban J connectivity index is 1.64. The summed E-state index contributed by atoms with van der Waals surface area (Å²) in [5.41, 5.74) is 0.716. The summed E-state index contributed by atoms with van der Waals surface area (Å²) in [4.78, 5) is 77.9. The molecule has 1 aromatic carbocycles. The summed E-state index contributed by atoms with van der Waals surface area (Å²) in [6, 6.07) is 4.19. The van der Waals surface area contributed by atoms with Crippen LogP contribution in [0, 0.1) is 5.92 Å². The van der Waals surface area contributed by atoms with Crippen molar-refractivity contribution in [3.05, 3.63) is 42.0 Å². The van der Waals surface area contributed by atoms with Gasteiger partial charge >= 0.3 is 12.1 Å². The van der Waals surface area contributed by atoms with Gasteiger partial charge in [-0.3, -0.25) is 28.9 Å². The van der Waals surface area contributed by atoms with Crippen molar-refractivity contribution in [3.63, 3.8) is 0 Å². The van der Waals surface area contributed by atoms with Crippen molar-refractivity contribution in [2.45, 2.75) is 103 Å². The van der Waals surface area contributed by atoms with E-state index in [0.29, 0.717) is 0 Å². The van der Waals surface area contributed by atoms with Gasteiger partial charge in [0.15, 0.2) is 0 Å². The number of ether oxygens (including phenoxy) is 1. The molecular weight excluding hydrogens is 632 g/mol. The highest BCUT2D eigenvalue weighted by Gasteiger charge is 2.41. The first kappa shape index (κ1) is 37.4. The van der Waals surface area contributed by atoms with Gasteiger partial charge in [0.2, 0.25) is 11.8 Å². The number of nitrogens with one attached hydrogen (secondary N) is 4. The van der Waals surface area contributed by atoms with E-state index in [1.54, 1.807) is 27.7 Å². The van der Waals surface area contributed by atoms with Gasteiger partial charge in [0.25, 0.3) is 11.8 Å². The number of aliphatic carboxylic acids is 1. The third-order valence-corrected chi connectivity index (χ3v) is 9.67. The van der Waals surface area contributed by atoms with Gasteiger partial charge < -0.3 is 35.6 Å². The molecule has 0 aromatic heterocycles. The van der Waals surface area contributed by atoms with Crippen LogP contribution in [0.15, 0.2) is 36.4 Å². The maximum atomic E-state index is 13.7. The van der Waals surface area contributed by atoms with Crippen LogP contribution in [-0.2, 0) is 35.3 Å². The summed E-state index contributed by atoms with van der Waals surface area (Å²) >= 11 is 0. The van der Waals surface area contributed by atoms with Gasteiger partial charge in [0.05, 0.1) is 32.7 Å². The molecular formula is C35H51N6O8+. The number of carbonyl (C=O) groups is 6. The summed E-state index contributed by atoms with van der Waals surface area (Å²) in [5.74, 6) is -4.30. The minimum absolute atomic E-state index is 0.0702. The van der Waals surface area contributed by atoms with Gasteiger partial charge in [0.1, 0.15) is 24.2 Å². The largest absolute Gasteiger partial charge is 0.481 e. The van der Waals surface area contributed by atoms with E-state index in [2.05, 4.69) is 40.4 Å². The SMILES string of the molecule is CC(C)[C@@H]1NC(=O)[C@@H](N2C(=O)C=CC2=O)CNC(=O)OC(C)(C)C(Nc2ccc(C[N+]3(C)CCCCC3)cc2)C[C@H](CCC(=O)O)NC1=O. The number of benzene rings is 1. The van der Waals surface area contributed by atoms with Crippen LogP contribution in [0.1, 0.15) is 71.8 Å². The molecule has 0 aliphatic carbocycles. The number of nitrogens with zero attached hydrogens (tertiary/aromatic N) is 2. The molecule has 0 bridgehead atoms. The van der Waals surface area contributed by atoms with E-state index in [9.17, 15) is 33.9 Å². The maximum Gasteiger partial charge on any atom is 0.407 e. The van der Waals surface area contributed by atoms with Crippen molar-refractivity contribution in [3.8, 4) is 0 Å². The number of piperidine rings is 1. The number of rotatable bonds is 9. The average Bonchev–Trinajstić information content (AvgIpc) is 3.35. The van der Waals surface area contributed by atoms with E-state index in [1.165, 1.54) is 24.8 Å². The third kappa shape index (κ3) is 10.0. The molecule has 1 unspecified atom stereocenters. The first-order valence-corrected chi connectivity index (χ1v) is 17.1. The molecule has 3 aliphatic rings. The van der Waals surface area contributed by atoms with E-state index in [1.807, 2.05) is 12.1 Å². The smallest absolute Gasteiger partial charge is 0.407 e. The van der Waals surface area contributed by atoms with Gasteiger partial charge in [-0.05, 0) is 64.0 Å². The lowest BCUT2D eigenvalue weighted by Gasteiger charge is -2.39. The number of carbonyl (C=O) groups excluding carboxylic acids is 5. The molecule has 0 saturated carbocycles. The van der Waals surface area contributed by atoms with Gasteiger partial charge in [-0.25, -0.2) is 4.79 Å². The minimum atomic E-state index is -1.47. The summed E-state index contributed by atoms with van der Waals surface area (Å²) in [6.07, 6.45) is 4.89. The van der Waals surface area contributed by atoms with Gasteiger partial charge in [-0.2, -0.15) is 0 Å². The molecule has 3 aliphatic heterocycles. The first-order chi connectivity index (χ1) is 23.1. The first-order valence-electron chi connectivity index (χ1n) is 17.1. The molecule has 2 saturated heterocycles. The fraction of sp³-hybridized carbons (Fsp3) is 0.600. The standard InChI is InChI=1S/C35H50N6O8/c1-22(2)31-33(47)38-25(13-16-30(44)45)19-27(37-24-11-9-23(10-12-24)21-41(5)17-7-6-8-18-41)35(3,4)49-34(48)36-20-26(32(46)39-31)40-28(42)14-15-29(40)43/h9-12,14-15,22,25-27,31,37H,6-8,13,16-21H2,1-5H3,(H3-,36,38,39,44,45,46,47,48)/p+1/t25-,26-,27?,31-/m0/s1. The molecule has 4 rings (SSSR count). The Hall–Kier alpha value is -4.46. The highest BCUT2D eigenvalue weighted by atomic mass is 16.6. The highest BCUT2D eigenvalue weighted by Crippen LogP contribution is 2.27. The van der Waals surface area contributed by atoms with E-state index >= 15 is 0 Å². The number of amides is 5. The lowest BCUT2D eigenvalue weighted by molar-refractivity contribution is -0.926. The number of quaternary nitrogens is 1. The van der Waals surface area contributed by atoms with E-state index < -0.39 is 77.9 Å². The molecule has 49 heavy (non-hydrogen) atoms. The predicted octanol–water partition coefficient (Wildman–Crippen LogP) is 2.29. The average molecular weight is 684 g/mol. The number of carboxylic acids is 1. The van der Waals surface area contributed by atoms with Crippen LogP contribution >= 0.6 is 0 Å². The number of hydrogen-bond acceptors (Lipinski definition) is 8. The zero-order chi connectivity index (χ0) is 35.9. The summed E-state index contributed by atoms with van der Waals surface area (Å²) in [7, 11) is 2.28. The van der Waals surface area contributed by atoms with Gasteiger partial charge in [0, 0.05) is 35.9 Å². The molecule has 5 N–H and O–H groups in total. The van der Waals surface area contributed by atoms with Crippen molar-refractivity contribution in [1.82, 2.24) is 20.9 Å². The number of alkyl carbamates (subject to hydrolysis) is 1. The summed E-state index contributed by atoms with van der Waals surface area (Å²) < 4.78 is 6.88. The normalized spacial score (nSPS) is 26.3. The topological polar surface area (TPSA) is 183 Å². The van der Waals surface area contributed by atoms with Crippen molar-refractivity contribution < 1.29 is 43.1 Å².